The summed E-state index contributed by atoms with van der Waals surface area (Å²) < 4.78 is 37.4. The van der Waals surface area contributed by atoms with Crippen molar-refractivity contribution in [1.29, 1.82) is 0 Å². The number of hydrogen-bond acceptors (Lipinski definition) is 10. The number of benzene rings is 1. The Morgan fingerprint density at radius 3 is 2.44 bits per heavy atom. The zero-order chi connectivity index (χ0) is 38.2. The number of pyridine rings is 1. The van der Waals surface area contributed by atoms with Crippen molar-refractivity contribution in [2.24, 2.45) is 5.92 Å². The highest BCUT2D eigenvalue weighted by molar-refractivity contribution is 7.90. The van der Waals surface area contributed by atoms with Crippen molar-refractivity contribution < 1.29 is 47.0 Å². The van der Waals surface area contributed by atoms with Gasteiger partial charge in [-0.25, -0.2) is 18.0 Å². The topological polar surface area (TPSA) is 230 Å². The van der Waals surface area contributed by atoms with Crippen LogP contribution in [0.15, 0.2) is 35.6 Å². The molecule has 4 rings (SSSR count). The van der Waals surface area contributed by atoms with Crippen LogP contribution < -0.4 is 25.5 Å². The van der Waals surface area contributed by atoms with Crippen molar-refractivity contribution in [3.63, 3.8) is 0 Å². The van der Waals surface area contributed by atoms with Crippen molar-refractivity contribution in [3.8, 4) is 5.75 Å². The molecule has 4 amide bonds. The monoisotopic (exact) mass is 745 g/mol. The molecule has 0 bridgehead atoms. The fourth-order valence-electron chi connectivity index (χ4n) is 6.08. The van der Waals surface area contributed by atoms with Gasteiger partial charge >= 0.3 is 12.1 Å². The molecule has 1 unspecified atom stereocenters. The first-order valence-electron chi connectivity index (χ1n) is 17.3. The number of unbranched alkanes of at least 4 members (excludes halogenated alkanes) is 2. The Bertz CT molecular complexity index is 1850. The fourth-order valence-corrected chi connectivity index (χ4v) is 7.43. The van der Waals surface area contributed by atoms with E-state index in [1.54, 1.807) is 26.0 Å². The highest BCUT2D eigenvalue weighted by Crippen LogP contribution is 2.28. The van der Waals surface area contributed by atoms with Gasteiger partial charge in [0.05, 0.1) is 24.5 Å². The third-order valence-corrected chi connectivity index (χ3v) is 10.9. The lowest BCUT2D eigenvalue weighted by molar-refractivity contribution is -0.141. The van der Waals surface area contributed by atoms with Gasteiger partial charge in [0.25, 0.3) is 5.91 Å². The van der Waals surface area contributed by atoms with E-state index in [9.17, 15) is 42.3 Å². The van der Waals surface area contributed by atoms with Gasteiger partial charge in [-0.3, -0.25) is 23.9 Å². The summed E-state index contributed by atoms with van der Waals surface area (Å²) in [6.45, 7) is 7.42. The summed E-state index contributed by atoms with van der Waals surface area (Å²) in [6, 6.07) is 1.20. The van der Waals surface area contributed by atoms with E-state index >= 15 is 0 Å². The standard InChI is InChI=1S/C35H47N5O11S/c1-5-10-24(31(42)39-52(48,49)22-13-14-22)37-32(43)27-12-9-15-40(27)33(44)30(20(2)3)38-35(47)51-16-8-6-7-11-21-17-23-25(19-29(21)50-4)36-26(34(45)46)18-28(23)41/h5,17-20,22,24,27,30H,1,6-16H2,2-4H3,(H,36,41)(H,37,43)(H,38,47)(H,39,42)(H,45,46)/t24?,27-,30-/m0/s1. The second-order valence-corrected chi connectivity index (χ2v) is 15.3. The fraction of sp³-hybridized carbons (Fsp3) is 0.543. The Balaban J connectivity index is 1.26. The minimum atomic E-state index is -3.83. The molecule has 1 saturated carbocycles. The van der Waals surface area contributed by atoms with Crippen LogP contribution in [-0.2, 0) is 35.6 Å². The molecule has 17 heteroatoms. The number of nitrogens with zero attached hydrogens (tertiary/aromatic N) is 1. The lowest BCUT2D eigenvalue weighted by Crippen LogP contribution is -2.57. The number of ether oxygens (including phenoxy) is 2. The number of alkyl carbamates (subject to hydrolysis) is 1. The van der Waals surface area contributed by atoms with Crippen molar-refractivity contribution >= 4 is 50.7 Å². The lowest BCUT2D eigenvalue weighted by Gasteiger charge is -2.31. The smallest absolute Gasteiger partial charge is 0.407 e. The third kappa shape index (κ3) is 10.1. The number of sulfonamides is 1. The van der Waals surface area contributed by atoms with Crippen LogP contribution in [0, 0.1) is 5.92 Å². The van der Waals surface area contributed by atoms with E-state index in [0.29, 0.717) is 68.0 Å². The van der Waals surface area contributed by atoms with E-state index in [2.05, 4.69) is 22.2 Å². The van der Waals surface area contributed by atoms with Crippen LogP contribution in [0.3, 0.4) is 0 Å². The molecule has 1 saturated heterocycles. The van der Waals surface area contributed by atoms with E-state index in [1.807, 2.05) is 4.72 Å². The summed E-state index contributed by atoms with van der Waals surface area (Å²) in [6.07, 6.45) is 4.76. The number of methoxy groups -OCH3 is 1. The first kappa shape index (κ1) is 39.8. The van der Waals surface area contributed by atoms with E-state index in [1.165, 1.54) is 18.1 Å². The summed E-state index contributed by atoms with van der Waals surface area (Å²) in [5, 5.41) is 14.2. The normalized spacial score (nSPS) is 16.9. The van der Waals surface area contributed by atoms with Crippen LogP contribution in [0.2, 0.25) is 0 Å². The number of carbonyl (C=O) groups is 5. The number of amides is 4. The zero-order valence-corrected chi connectivity index (χ0v) is 30.4. The number of H-pyrrole nitrogens is 1. The summed E-state index contributed by atoms with van der Waals surface area (Å²) in [5.41, 5.74) is 0.489. The predicted molar refractivity (Wildman–Crippen MR) is 190 cm³/mol. The Kier molecular flexibility index (Phi) is 13.4. The average molecular weight is 746 g/mol. The van der Waals surface area contributed by atoms with E-state index in [-0.39, 0.29) is 31.2 Å². The molecular weight excluding hydrogens is 698 g/mol. The van der Waals surface area contributed by atoms with Crippen LogP contribution in [0.1, 0.15) is 81.3 Å². The van der Waals surface area contributed by atoms with Gasteiger partial charge < -0.3 is 35.1 Å². The van der Waals surface area contributed by atoms with Gasteiger partial charge in [0.1, 0.15) is 29.6 Å². The van der Waals surface area contributed by atoms with Gasteiger partial charge in [-0.1, -0.05) is 19.9 Å². The molecule has 0 radical (unpaired) electrons. The van der Waals surface area contributed by atoms with Crippen molar-refractivity contribution in [3.05, 3.63) is 52.3 Å². The van der Waals surface area contributed by atoms with Crippen LogP contribution in [0.25, 0.3) is 10.9 Å². The number of aromatic carboxylic acids is 1. The Labute approximate surface area is 301 Å². The van der Waals surface area contributed by atoms with Gasteiger partial charge in [-0.2, -0.15) is 0 Å². The molecule has 1 aliphatic carbocycles. The molecule has 5 N–H and O–H groups in total. The molecule has 1 aromatic carbocycles. The van der Waals surface area contributed by atoms with Crippen LogP contribution in [0.5, 0.6) is 5.75 Å². The number of likely N-dealkylation sites (tertiary alicyclic amines) is 1. The second-order valence-electron chi connectivity index (χ2n) is 13.4. The molecule has 1 aromatic heterocycles. The molecular formula is C35H47N5O11S. The summed E-state index contributed by atoms with van der Waals surface area (Å²) >= 11 is 0. The number of aromatic amines is 1. The summed E-state index contributed by atoms with van der Waals surface area (Å²) in [5.74, 6) is -3.05. The number of aryl methyl sites for hydroxylation is 1. The summed E-state index contributed by atoms with van der Waals surface area (Å²) in [7, 11) is -2.35. The number of carbonyl (C=O) groups excluding carboxylic acids is 4. The number of aromatic nitrogens is 1. The van der Waals surface area contributed by atoms with Crippen LogP contribution in [0.4, 0.5) is 4.79 Å². The number of hydrogen-bond donors (Lipinski definition) is 5. The third-order valence-electron chi connectivity index (χ3n) is 9.07. The number of nitrogens with one attached hydrogen (secondary N) is 4. The maximum absolute atomic E-state index is 13.6. The van der Waals surface area contributed by atoms with E-state index in [4.69, 9.17) is 9.47 Å². The molecule has 52 heavy (non-hydrogen) atoms. The van der Waals surface area contributed by atoms with Crippen molar-refractivity contribution in [2.75, 3.05) is 20.3 Å². The molecule has 3 atom stereocenters. The minimum Gasteiger partial charge on any atom is -0.496 e. The van der Waals surface area contributed by atoms with Crippen LogP contribution >= 0.6 is 0 Å². The van der Waals surface area contributed by atoms with Crippen molar-refractivity contribution in [2.45, 2.75) is 95.0 Å². The minimum absolute atomic E-state index is 0.0178. The van der Waals surface area contributed by atoms with Crippen LogP contribution in [-0.4, -0.2) is 96.8 Å². The van der Waals surface area contributed by atoms with E-state index < -0.39 is 68.6 Å². The molecule has 284 valence electrons. The number of carboxylic acid groups (broad SMARTS) is 1. The Morgan fingerprint density at radius 1 is 1.08 bits per heavy atom. The maximum Gasteiger partial charge on any atom is 0.407 e. The predicted octanol–water partition coefficient (Wildman–Crippen LogP) is 2.36. The molecule has 2 aliphatic rings. The van der Waals surface area contributed by atoms with Crippen molar-refractivity contribution in [1.82, 2.24) is 25.2 Å². The molecule has 0 spiro atoms. The average Bonchev–Trinajstić information content (AvgIpc) is 3.85. The zero-order valence-electron chi connectivity index (χ0n) is 29.6. The second kappa shape index (κ2) is 17.5. The van der Waals surface area contributed by atoms with Gasteiger partial charge in [-0.15, -0.1) is 6.58 Å². The van der Waals surface area contributed by atoms with E-state index in [0.717, 1.165) is 11.6 Å². The lowest BCUT2D eigenvalue weighted by atomic mass is 10.0. The molecule has 1 aliphatic heterocycles. The van der Waals surface area contributed by atoms with Gasteiger partial charge in [0.15, 0.2) is 5.43 Å². The first-order valence-corrected chi connectivity index (χ1v) is 18.9. The molecule has 2 aromatic rings. The Morgan fingerprint density at radius 2 is 1.81 bits per heavy atom. The first-order chi connectivity index (χ1) is 24.7. The van der Waals surface area contributed by atoms with Gasteiger partial charge in [-0.05, 0) is 75.3 Å². The summed E-state index contributed by atoms with van der Waals surface area (Å²) in [4.78, 5) is 80.4. The highest BCUT2D eigenvalue weighted by Gasteiger charge is 2.41. The molecule has 16 nitrogen and oxygen atoms in total. The number of carboxylic acids is 1. The number of fused-ring (bicyclic) bond motifs is 1. The maximum atomic E-state index is 13.6. The SMILES string of the molecule is C=CCC(NC(=O)[C@@H]1CCCN1C(=O)[C@@H](NC(=O)OCCCCCc1cc2c(=O)cc(C(=O)O)[nH]c2cc1OC)C(C)C)C(=O)NS(=O)(=O)C1CC1. The highest BCUT2D eigenvalue weighted by atomic mass is 32.2. The number of rotatable bonds is 18. The quantitative estimate of drug-likeness (QED) is 0.110. The van der Waals surface area contributed by atoms with Gasteiger partial charge in [0, 0.05) is 24.1 Å². The van der Waals surface area contributed by atoms with Gasteiger partial charge in [0.2, 0.25) is 21.8 Å². The molecule has 2 heterocycles. The largest absolute Gasteiger partial charge is 0.496 e. The Hall–Kier alpha value is -4.93. The molecule has 2 fully saturated rings.